The molecule has 1 saturated heterocycles. The number of benzene rings is 2. The fourth-order valence-electron chi connectivity index (χ4n) is 3.56. The summed E-state index contributed by atoms with van der Waals surface area (Å²) in [5, 5.41) is 13.8. The topological polar surface area (TPSA) is 116 Å². The first-order chi connectivity index (χ1) is 15.8. The van der Waals surface area contributed by atoms with Gasteiger partial charge in [-0.3, -0.25) is 19.2 Å². The second-order valence-corrected chi connectivity index (χ2v) is 9.81. The minimum Gasteiger partial charge on any atom is -0.354 e. The average molecular weight is 476 g/mol. The number of hydrogen-bond donors (Lipinski definition) is 1. The number of rotatable bonds is 10. The number of likely N-dealkylation sites (N-methyl/N-ethyl adjacent to an activating group) is 1. The van der Waals surface area contributed by atoms with Crippen LogP contribution in [0.5, 0.6) is 0 Å². The number of carbonyl (C=O) groups excluding carboxylic acids is 1. The van der Waals surface area contributed by atoms with Gasteiger partial charge in [0, 0.05) is 44.9 Å². The highest BCUT2D eigenvalue weighted by atomic mass is 32.2. The molecule has 2 aromatic rings. The summed E-state index contributed by atoms with van der Waals surface area (Å²) in [6.07, 6.45) is 0.762. The van der Waals surface area contributed by atoms with Gasteiger partial charge in [0.2, 0.25) is 5.91 Å². The van der Waals surface area contributed by atoms with Gasteiger partial charge < -0.3 is 15.1 Å². The molecule has 1 N–H and O–H groups in total. The highest BCUT2D eigenvalue weighted by Crippen LogP contribution is 2.25. The van der Waals surface area contributed by atoms with Crippen LogP contribution in [0, 0.1) is 10.1 Å². The Balaban J connectivity index is 1.66. The number of piperazine rings is 1. The van der Waals surface area contributed by atoms with Crippen LogP contribution in [0.25, 0.3) is 0 Å². The number of nitro benzene ring substituents is 1. The van der Waals surface area contributed by atoms with Crippen molar-refractivity contribution >= 4 is 27.3 Å². The standard InChI is InChI=1S/C22H29N5O5S/c1-24-14-16-25(17-15-24)13-5-12-23-22(28)18-26(19-8-10-20(11-9-19)27(29)30)33(31,32)21-6-3-2-4-7-21/h2-4,6-11H,5,12-18H2,1H3,(H,23,28). The molecular formula is C22H29N5O5S. The largest absolute Gasteiger partial charge is 0.354 e. The van der Waals surface area contributed by atoms with Crippen molar-refractivity contribution in [1.29, 1.82) is 0 Å². The van der Waals surface area contributed by atoms with E-state index in [1.807, 2.05) is 0 Å². The molecule has 0 aromatic heterocycles. The summed E-state index contributed by atoms with van der Waals surface area (Å²) in [6.45, 7) is 4.90. The molecule has 0 aliphatic carbocycles. The highest BCUT2D eigenvalue weighted by Gasteiger charge is 2.27. The Morgan fingerprint density at radius 2 is 1.70 bits per heavy atom. The predicted molar refractivity (Wildman–Crippen MR) is 126 cm³/mol. The number of non-ortho nitro benzene ring substituents is 1. The number of nitrogens with one attached hydrogen (secondary N) is 1. The Morgan fingerprint density at radius 3 is 2.30 bits per heavy atom. The first kappa shape index (κ1) is 24.6. The first-order valence-corrected chi connectivity index (χ1v) is 12.2. The van der Waals surface area contributed by atoms with Crippen molar-refractivity contribution in [3.05, 3.63) is 64.7 Å². The molecule has 178 valence electrons. The molecule has 1 amide bonds. The van der Waals surface area contributed by atoms with Crippen molar-refractivity contribution < 1.29 is 18.1 Å². The maximum absolute atomic E-state index is 13.3. The van der Waals surface area contributed by atoms with Gasteiger partial charge >= 0.3 is 0 Å². The second kappa shape index (κ2) is 11.2. The third-order valence-electron chi connectivity index (χ3n) is 5.54. The molecule has 3 rings (SSSR count). The summed E-state index contributed by atoms with van der Waals surface area (Å²) >= 11 is 0. The van der Waals surface area contributed by atoms with Crippen LogP contribution in [0.4, 0.5) is 11.4 Å². The zero-order chi connectivity index (χ0) is 23.8. The number of anilines is 1. The first-order valence-electron chi connectivity index (χ1n) is 10.8. The van der Waals surface area contributed by atoms with E-state index < -0.39 is 27.4 Å². The molecule has 2 aromatic carbocycles. The van der Waals surface area contributed by atoms with Crippen LogP contribution in [0.15, 0.2) is 59.5 Å². The third-order valence-corrected chi connectivity index (χ3v) is 7.32. The molecule has 11 heteroatoms. The molecule has 0 radical (unpaired) electrons. The van der Waals surface area contributed by atoms with E-state index in [0.29, 0.717) is 6.54 Å². The lowest BCUT2D eigenvalue weighted by molar-refractivity contribution is -0.384. The van der Waals surface area contributed by atoms with Crippen LogP contribution < -0.4 is 9.62 Å². The fourth-order valence-corrected chi connectivity index (χ4v) is 5.01. The maximum atomic E-state index is 13.3. The minimum absolute atomic E-state index is 0.0335. The minimum atomic E-state index is -4.05. The van der Waals surface area contributed by atoms with Crippen LogP contribution in [-0.4, -0.2) is 81.9 Å². The number of amides is 1. The van der Waals surface area contributed by atoms with Crippen molar-refractivity contribution in [2.45, 2.75) is 11.3 Å². The van der Waals surface area contributed by atoms with E-state index in [1.54, 1.807) is 18.2 Å². The van der Waals surface area contributed by atoms with E-state index in [0.717, 1.165) is 43.4 Å². The van der Waals surface area contributed by atoms with E-state index in [2.05, 4.69) is 22.2 Å². The Morgan fingerprint density at radius 1 is 1.06 bits per heavy atom. The lowest BCUT2D eigenvalue weighted by atomic mass is 10.3. The van der Waals surface area contributed by atoms with Gasteiger partial charge in [0.05, 0.1) is 15.5 Å². The van der Waals surface area contributed by atoms with Crippen molar-refractivity contribution in [3.63, 3.8) is 0 Å². The van der Waals surface area contributed by atoms with E-state index in [4.69, 9.17) is 0 Å². The number of carbonyl (C=O) groups is 1. The summed E-state index contributed by atoms with van der Waals surface area (Å²) in [5.41, 5.74) is 0.0150. The molecule has 1 heterocycles. The SMILES string of the molecule is CN1CCN(CCCNC(=O)CN(c2ccc([N+](=O)[O-])cc2)S(=O)(=O)c2ccccc2)CC1. The molecule has 1 aliphatic heterocycles. The van der Waals surface area contributed by atoms with Gasteiger partial charge in [-0.2, -0.15) is 0 Å². The fraction of sp³-hybridized carbons (Fsp3) is 0.409. The smallest absolute Gasteiger partial charge is 0.269 e. The van der Waals surface area contributed by atoms with Crippen molar-refractivity contribution in [1.82, 2.24) is 15.1 Å². The van der Waals surface area contributed by atoms with Crippen molar-refractivity contribution in [2.75, 3.05) is 57.2 Å². The molecule has 10 nitrogen and oxygen atoms in total. The summed E-state index contributed by atoms with van der Waals surface area (Å²) in [6, 6.07) is 12.9. The normalized spacial score (nSPS) is 15.2. The Hall–Kier alpha value is -3.02. The van der Waals surface area contributed by atoms with Gasteiger partial charge in [0.1, 0.15) is 6.54 Å². The average Bonchev–Trinajstić information content (AvgIpc) is 2.82. The summed E-state index contributed by atoms with van der Waals surface area (Å²) < 4.78 is 27.5. The van der Waals surface area contributed by atoms with Crippen LogP contribution in [0.3, 0.4) is 0 Å². The maximum Gasteiger partial charge on any atom is 0.269 e. The summed E-state index contributed by atoms with van der Waals surface area (Å²) in [7, 11) is -1.95. The number of sulfonamides is 1. The van der Waals surface area contributed by atoms with Crippen LogP contribution in [0.2, 0.25) is 0 Å². The van der Waals surface area contributed by atoms with Crippen molar-refractivity contribution in [3.8, 4) is 0 Å². The lowest BCUT2D eigenvalue weighted by Crippen LogP contribution is -2.45. The molecule has 0 bridgehead atoms. The Kier molecular flexibility index (Phi) is 8.37. The zero-order valence-electron chi connectivity index (χ0n) is 18.6. The summed E-state index contributed by atoms with van der Waals surface area (Å²) in [4.78, 5) is 27.7. The van der Waals surface area contributed by atoms with E-state index >= 15 is 0 Å². The van der Waals surface area contributed by atoms with E-state index in [-0.39, 0.29) is 16.3 Å². The second-order valence-electron chi connectivity index (χ2n) is 7.95. The molecule has 1 fully saturated rings. The van der Waals surface area contributed by atoms with Gasteiger partial charge in [-0.25, -0.2) is 8.42 Å². The molecule has 0 saturated carbocycles. The Bertz CT molecular complexity index is 1040. The number of nitro groups is 1. The van der Waals surface area contributed by atoms with Gasteiger partial charge in [-0.15, -0.1) is 0 Å². The van der Waals surface area contributed by atoms with E-state index in [1.165, 1.54) is 36.4 Å². The highest BCUT2D eigenvalue weighted by molar-refractivity contribution is 7.92. The molecule has 33 heavy (non-hydrogen) atoms. The molecule has 1 aliphatic rings. The molecule has 0 unspecified atom stereocenters. The molecule has 0 spiro atoms. The summed E-state index contributed by atoms with van der Waals surface area (Å²) in [5.74, 6) is -0.439. The number of nitrogens with zero attached hydrogens (tertiary/aromatic N) is 4. The zero-order valence-corrected chi connectivity index (χ0v) is 19.4. The van der Waals surface area contributed by atoms with Gasteiger partial charge in [-0.1, -0.05) is 18.2 Å². The van der Waals surface area contributed by atoms with Gasteiger partial charge in [0.15, 0.2) is 0 Å². The Labute approximate surface area is 194 Å². The third kappa shape index (κ3) is 6.73. The van der Waals surface area contributed by atoms with Gasteiger partial charge in [-0.05, 0) is 44.3 Å². The molecule has 0 atom stereocenters. The monoisotopic (exact) mass is 475 g/mol. The predicted octanol–water partition coefficient (Wildman–Crippen LogP) is 1.54. The number of hydrogen-bond acceptors (Lipinski definition) is 7. The van der Waals surface area contributed by atoms with E-state index in [9.17, 15) is 23.3 Å². The molecular weight excluding hydrogens is 446 g/mol. The van der Waals surface area contributed by atoms with Crippen LogP contribution >= 0.6 is 0 Å². The van der Waals surface area contributed by atoms with Crippen LogP contribution in [-0.2, 0) is 14.8 Å². The van der Waals surface area contributed by atoms with Crippen molar-refractivity contribution in [2.24, 2.45) is 0 Å². The van der Waals surface area contributed by atoms with Crippen LogP contribution in [0.1, 0.15) is 6.42 Å². The lowest BCUT2D eigenvalue weighted by Gasteiger charge is -2.32. The quantitative estimate of drug-likeness (QED) is 0.315. The van der Waals surface area contributed by atoms with Gasteiger partial charge in [0.25, 0.3) is 15.7 Å².